The SMILES string of the molecule is CCn1ccnc1CN1CCC[C@H]1C(=O)Nc1cccc(-c2ccc(F)cc2)c1. The monoisotopic (exact) mass is 392 g/mol. The molecule has 0 saturated carbocycles. The Bertz CT molecular complexity index is 983. The number of hydrogen-bond donors (Lipinski definition) is 1. The average molecular weight is 392 g/mol. The van der Waals surface area contributed by atoms with Crippen LogP contribution < -0.4 is 5.32 Å². The van der Waals surface area contributed by atoms with Crippen molar-refractivity contribution in [2.75, 3.05) is 11.9 Å². The van der Waals surface area contributed by atoms with Gasteiger partial charge in [-0.05, 0) is 61.7 Å². The topological polar surface area (TPSA) is 50.2 Å². The van der Waals surface area contributed by atoms with Crippen LogP contribution in [0.25, 0.3) is 11.1 Å². The maximum absolute atomic E-state index is 13.2. The van der Waals surface area contributed by atoms with Gasteiger partial charge in [0.1, 0.15) is 11.6 Å². The first-order valence-corrected chi connectivity index (χ1v) is 10.0. The first-order chi connectivity index (χ1) is 14.1. The van der Waals surface area contributed by atoms with Crippen LogP contribution in [0, 0.1) is 5.82 Å². The van der Waals surface area contributed by atoms with Crippen molar-refractivity contribution in [2.24, 2.45) is 0 Å². The zero-order valence-corrected chi connectivity index (χ0v) is 16.5. The van der Waals surface area contributed by atoms with Crippen LogP contribution in [0.4, 0.5) is 10.1 Å². The van der Waals surface area contributed by atoms with Crippen LogP contribution in [0.5, 0.6) is 0 Å². The summed E-state index contributed by atoms with van der Waals surface area (Å²) in [6, 6.07) is 13.9. The van der Waals surface area contributed by atoms with Crippen molar-refractivity contribution < 1.29 is 9.18 Å². The van der Waals surface area contributed by atoms with Crippen LogP contribution in [-0.2, 0) is 17.9 Å². The summed E-state index contributed by atoms with van der Waals surface area (Å²) >= 11 is 0. The summed E-state index contributed by atoms with van der Waals surface area (Å²) in [6.07, 6.45) is 5.63. The molecule has 2 aromatic carbocycles. The molecule has 1 aromatic heterocycles. The van der Waals surface area contributed by atoms with Crippen molar-refractivity contribution in [1.82, 2.24) is 14.5 Å². The molecule has 0 unspecified atom stereocenters. The molecule has 2 heterocycles. The molecule has 5 nitrogen and oxygen atoms in total. The minimum absolute atomic E-state index is 0.00774. The van der Waals surface area contributed by atoms with E-state index in [0.717, 1.165) is 48.6 Å². The summed E-state index contributed by atoms with van der Waals surface area (Å²) in [5.74, 6) is 0.738. The molecular weight excluding hydrogens is 367 g/mol. The van der Waals surface area contributed by atoms with Crippen LogP contribution >= 0.6 is 0 Å². The van der Waals surface area contributed by atoms with Gasteiger partial charge in [0.05, 0.1) is 12.6 Å². The fourth-order valence-electron chi connectivity index (χ4n) is 3.92. The molecule has 0 spiro atoms. The summed E-state index contributed by atoms with van der Waals surface area (Å²) in [5.41, 5.74) is 2.60. The number of nitrogens with one attached hydrogen (secondary N) is 1. The van der Waals surface area contributed by atoms with E-state index in [1.54, 1.807) is 12.1 Å². The van der Waals surface area contributed by atoms with E-state index in [9.17, 15) is 9.18 Å². The average Bonchev–Trinajstić information content (AvgIpc) is 3.38. The van der Waals surface area contributed by atoms with E-state index in [2.05, 4.69) is 26.7 Å². The molecule has 1 aliphatic heterocycles. The molecule has 1 atom stereocenters. The molecule has 1 saturated heterocycles. The molecule has 1 N–H and O–H groups in total. The zero-order chi connectivity index (χ0) is 20.2. The number of aromatic nitrogens is 2. The Kier molecular flexibility index (Phi) is 5.71. The van der Waals surface area contributed by atoms with Crippen molar-refractivity contribution in [3.05, 3.63) is 72.6 Å². The third-order valence-corrected chi connectivity index (χ3v) is 5.46. The van der Waals surface area contributed by atoms with Crippen LogP contribution in [0.3, 0.4) is 0 Å². The highest BCUT2D eigenvalue weighted by atomic mass is 19.1. The van der Waals surface area contributed by atoms with E-state index in [4.69, 9.17) is 0 Å². The number of aryl methyl sites for hydroxylation is 1. The molecule has 0 bridgehead atoms. The number of carbonyl (C=O) groups excluding carboxylic acids is 1. The van der Waals surface area contributed by atoms with Gasteiger partial charge in [-0.1, -0.05) is 24.3 Å². The quantitative estimate of drug-likeness (QED) is 0.680. The van der Waals surface area contributed by atoms with E-state index in [0.29, 0.717) is 6.54 Å². The number of nitrogens with zero attached hydrogens (tertiary/aromatic N) is 3. The minimum atomic E-state index is -0.261. The van der Waals surface area contributed by atoms with Gasteiger partial charge in [-0.15, -0.1) is 0 Å². The Balaban J connectivity index is 1.46. The van der Waals surface area contributed by atoms with Gasteiger partial charge >= 0.3 is 0 Å². The van der Waals surface area contributed by atoms with Gasteiger partial charge in [0.2, 0.25) is 5.91 Å². The van der Waals surface area contributed by atoms with Gasteiger partial charge < -0.3 is 9.88 Å². The van der Waals surface area contributed by atoms with E-state index < -0.39 is 0 Å². The number of benzene rings is 2. The van der Waals surface area contributed by atoms with Gasteiger partial charge in [-0.25, -0.2) is 9.37 Å². The van der Waals surface area contributed by atoms with Gasteiger partial charge in [-0.3, -0.25) is 9.69 Å². The van der Waals surface area contributed by atoms with Crippen LogP contribution in [0.15, 0.2) is 60.9 Å². The first-order valence-electron chi connectivity index (χ1n) is 10.0. The van der Waals surface area contributed by atoms with E-state index in [-0.39, 0.29) is 17.8 Å². The number of amides is 1. The summed E-state index contributed by atoms with van der Waals surface area (Å²) < 4.78 is 15.3. The number of hydrogen-bond acceptors (Lipinski definition) is 3. The predicted octanol–water partition coefficient (Wildman–Crippen LogP) is 4.31. The van der Waals surface area contributed by atoms with E-state index >= 15 is 0 Å². The minimum Gasteiger partial charge on any atom is -0.334 e. The number of imidazole rings is 1. The molecule has 4 rings (SSSR count). The molecule has 0 radical (unpaired) electrons. The Morgan fingerprint density at radius 2 is 2.03 bits per heavy atom. The zero-order valence-electron chi connectivity index (χ0n) is 16.5. The number of rotatable bonds is 6. The number of carbonyl (C=O) groups is 1. The molecule has 1 fully saturated rings. The van der Waals surface area contributed by atoms with Gasteiger partial charge in [0.15, 0.2) is 0 Å². The molecule has 1 aliphatic rings. The Morgan fingerprint density at radius 1 is 1.21 bits per heavy atom. The molecule has 150 valence electrons. The van der Waals surface area contributed by atoms with Crippen molar-refractivity contribution in [2.45, 2.75) is 38.9 Å². The highest BCUT2D eigenvalue weighted by Crippen LogP contribution is 2.25. The Hall–Kier alpha value is -2.99. The second kappa shape index (κ2) is 8.57. The van der Waals surface area contributed by atoms with Gasteiger partial charge in [0, 0.05) is 24.6 Å². The van der Waals surface area contributed by atoms with E-state index in [1.807, 2.05) is 36.7 Å². The normalized spacial score (nSPS) is 16.8. The molecule has 29 heavy (non-hydrogen) atoms. The lowest BCUT2D eigenvalue weighted by Gasteiger charge is -2.23. The maximum atomic E-state index is 13.2. The third-order valence-electron chi connectivity index (χ3n) is 5.46. The summed E-state index contributed by atoms with van der Waals surface area (Å²) in [4.78, 5) is 19.6. The molecule has 0 aliphatic carbocycles. The van der Waals surface area contributed by atoms with Crippen LogP contribution in [-0.4, -0.2) is 32.9 Å². The van der Waals surface area contributed by atoms with Crippen molar-refractivity contribution in [3.63, 3.8) is 0 Å². The largest absolute Gasteiger partial charge is 0.334 e. The van der Waals surface area contributed by atoms with Crippen LogP contribution in [0.2, 0.25) is 0 Å². The summed E-state index contributed by atoms with van der Waals surface area (Å²) in [6.45, 7) is 4.53. The standard InChI is InChI=1S/C23H25FN4O/c1-2-27-14-12-25-22(27)16-28-13-4-7-21(28)23(29)26-20-6-3-5-18(15-20)17-8-10-19(24)11-9-17/h3,5-6,8-12,14-15,21H,2,4,7,13,16H2,1H3,(H,26,29)/t21-/m0/s1. The fraction of sp³-hybridized carbons (Fsp3) is 0.304. The third kappa shape index (κ3) is 4.38. The Labute approximate surface area is 170 Å². The highest BCUT2D eigenvalue weighted by molar-refractivity contribution is 5.95. The number of likely N-dealkylation sites (tertiary alicyclic amines) is 1. The lowest BCUT2D eigenvalue weighted by Crippen LogP contribution is -2.39. The molecular formula is C23H25FN4O. The van der Waals surface area contributed by atoms with E-state index in [1.165, 1.54) is 12.1 Å². The number of halogens is 1. The second-order valence-corrected chi connectivity index (χ2v) is 7.33. The second-order valence-electron chi connectivity index (χ2n) is 7.33. The predicted molar refractivity (Wildman–Crippen MR) is 112 cm³/mol. The first kappa shape index (κ1) is 19.3. The van der Waals surface area contributed by atoms with Gasteiger partial charge in [-0.2, -0.15) is 0 Å². The molecule has 1 amide bonds. The van der Waals surface area contributed by atoms with Crippen molar-refractivity contribution in [1.29, 1.82) is 0 Å². The van der Waals surface area contributed by atoms with Crippen molar-refractivity contribution in [3.8, 4) is 11.1 Å². The lowest BCUT2D eigenvalue weighted by atomic mass is 10.0. The lowest BCUT2D eigenvalue weighted by molar-refractivity contribution is -0.120. The summed E-state index contributed by atoms with van der Waals surface area (Å²) in [5, 5.41) is 3.06. The Morgan fingerprint density at radius 3 is 2.83 bits per heavy atom. The fourth-order valence-corrected chi connectivity index (χ4v) is 3.92. The highest BCUT2D eigenvalue weighted by Gasteiger charge is 2.31. The van der Waals surface area contributed by atoms with Gasteiger partial charge in [0.25, 0.3) is 0 Å². The molecule has 6 heteroatoms. The number of anilines is 1. The maximum Gasteiger partial charge on any atom is 0.241 e. The summed E-state index contributed by atoms with van der Waals surface area (Å²) in [7, 11) is 0. The van der Waals surface area contributed by atoms with Crippen LogP contribution in [0.1, 0.15) is 25.6 Å². The molecule has 3 aromatic rings. The van der Waals surface area contributed by atoms with Crippen molar-refractivity contribution >= 4 is 11.6 Å². The smallest absolute Gasteiger partial charge is 0.241 e.